The summed E-state index contributed by atoms with van der Waals surface area (Å²) >= 11 is 0. The quantitative estimate of drug-likeness (QED) is 0.853. The molecule has 4 nitrogen and oxygen atoms in total. The molecule has 124 valence electrons. The smallest absolute Gasteiger partial charge is 0.258 e. The molecule has 0 bridgehead atoms. The Morgan fingerprint density at radius 1 is 1.17 bits per heavy atom. The summed E-state index contributed by atoms with van der Waals surface area (Å²) in [4.78, 5) is 14.3. The van der Waals surface area contributed by atoms with Gasteiger partial charge in [-0.25, -0.2) is 0 Å². The molecule has 0 radical (unpaired) electrons. The molecular weight excluding hydrogens is 300 g/mol. The second-order valence-electron chi connectivity index (χ2n) is 5.84. The van der Waals surface area contributed by atoms with E-state index >= 15 is 0 Å². The molecule has 2 aromatic carbocycles. The molecule has 0 saturated heterocycles. The number of amides is 1. The van der Waals surface area contributed by atoms with Gasteiger partial charge in [0.15, 0.2) is 0 Å². The molecule has 4 heteroatoms. The van der Waals surface area contributed by atoms with Gasteiger partial charge in [0.05, 0.1) is 13.2 Å². The van der Waals surface area contributed by atoms with E-state index in [9.17, 15) is 4.79 Å². The van der Waals surface area contributed by atoms with Gasteiger partial charge in [-0.1, -0.05) is 30.3 Å². The number of hydrogen-bond donors (Lipinski definition) is 1. The Morgan fingerprint density at radius 3 is 2.75 bits per heavy atom. The van der Waals surface area contributed by atoms with Crippen molar-refractivity contribution in [1.82, 2.24) is 0 Å². The first kappa shape index (κ1) is 16.3. The predicted molar refractivity (Wildman–Crippen MR) is 97.6 cm³/mol. The minimum Gasteiger partial charge on any atom is -0.381 e. The van der Waals surface area contributed by atoms with E-state index in [0.29, 0.717) is 12.2 Å². The van der Waals surface area contributed by atoms with Crippen LogP contribution in [0, 0.1) is 0 Å². The second-order valence-corrected chi connectivity index (χ2v) is 5.84. The third-order valence-electron chi connectivity index (χ3n) is 4.06. The van der Waals surface area contributed by atoms with Crippen molar-refractivity contribution in [2.75, 3.05) is 37.0 Å². The van der Waals surface area contributed by atoms with E-state index in [-0.39, 0.29) is 5.91 Å². The van der Waals surface area contributed by atoms with E-state index in [0.717, 1.165) is 30.9 Å². The summed E-state index contributed by atoms with van der Waals surface area (Å²) in [6.45, 7) is 2.23. The average molecular weight is 322 g/mol. The van der Waals surface area contributed by atoms with Crippen molar-refractivity contribution in [1.29, 1.82) is 0 Å². The van der Waals surface area contributed by atoms with Crippen LogP contribution in [0.1, 0.15) is 16.8 Å². The normalized spacial score (nSPS) is 14.0. The topological polar surface area (TPSA) is 41.6 Å². The largest absolute Gasteiger partial charge is 0.381 e. The van der Waals surface area contributed by atoms with Crippen molar-refractivity contribution >= 4 is 17.3 Å². The highest BCUT2D eigenvalue weighted by Gasteiger charge is 2.13. The van der Waals surface area contributed by atoms with Crippen molar-refractivity contribution in [2.24, 2.45) is 0 Å². The monoisotopic (exact) mass is 322 g/mol. The molecule has 1 N–H and O–H groups in total. The van der Waals surface area contributed by atoms with Gasteiger partial charge in [-0.05, 0) is 42.3 Å². The molecule has 1 heterocycles. The van der Waals surface area contributed by atoms with Gasteiger partial charge in [0.25, 0.3) is 5.91 Å². The van der Waals surface area contributed by atoms with Crippen LogP contribution in [-0.2, 0) is 4.74 Å². The zero-order chi connectivity index (χ0) is 16.8. The van der Waals surface area contributed by atoms with Gasteiger partial charge >= 0.3 is 0 Å². The third-order valence-corrected chi connectivity index (χ3v) is 4.06. The maximum atomic E-state index is 12.7. The van der Waals surface area contributed by atoms with Gasteiger partial charge in [-0.2, -0.15) is 0 Å². The Balaban J connectivity index is 1.68. The number of benzene rings is 2. The number of carbonyl (C=O) groups excluding carboxylic acids is 1. The molecule has 24 heavy (non-hydrogen) atoms. The van der Waals surface area contributed by atoms with E-state index in [1.165, 1.54) is 5.57 Å². The van der Waals surface area contributed by atoms with E-state index in [2.05, 4.69) is 11.4 Å². The molecule has 0 fully saturated rings. The molecule has 0 aromatic heterocycles. The van der Waals surface area contributed by atoms with E-state index in [1.807, 2.05) is 54.6 Å². The molecule has 3 rings (SSSR count). The minimum atomic E-state index is -0.0231. The van der Waals surface area contributed by atoms with Crippen LogP contribution in [-0.4, -0.2) is 32.7 Å². The Kier molecular flexibility index (Phi) is 5.29. The molecular formula is C20H22N2O2. The number of rotatable bonds is 5. The van der Waals surface area contributed by atoms with Crippen LogP contribution in [0.5, 0.6) is 0 Å². The SMILES string of the molecule is CN(C(=O)c1cccc(NCC2=CCCOC2)c1)c1ccccc1. The summed E-state index contributed by atoms with van der Waals surface area (Å²) in [6, 6.07) is 17.3. The summed E-state index contributed by atoms with van der Waals surface area (Å²) in [7, 11) is 1.79. The summed E-state index contributed by atoms with van der Waals surface area (Å²) in [5.74, 6) is -0.0231. The molecule has 0 aliphatic carbocycles. The summed E-state index contributed by atoms with van der Waals surface area (Å²) in [5, 5.41) is 3.37. The number of ether oxygens (including phenoxy) is 1. The molecule has 1 aliphatic rings. The first-order valence-corrected chi connectivity index (χ1v) is 8.17. The van der Waals surface area contributed by atoms with Crippen molar-refractivity contribution in [2.45, 2.75) is 6.42 Å². The van der Waals surface area contributed by atoms with Crippen LogP contribution in [0.2, 0.25) is 0 Å². The van der Waals surface area contributed by atoms with E-state index < -0.39 is 0 Å². The van der Waals surface area contributed by atoms with Crippen LogP contribution in [0.4, 0.5) is 11.4 Å². The number of anilines is 2. The lowest BCUT2D eigenvalue weighted by Gasteiger charge is -2.18. The van der Waals surface area contributed by atoms with E-state index in [1.54, 1.807) is 11.9 Å². The number of nitrogens with one attached hydrogen (secondary N) is 1. The number of carbonyl (C=O) groups is 1. The highest BCUT2D eigenvalue weighted by Crippen LogP contribution is 2.18. The highest BCUT2D eigenvalue weighted by atomic mass is 16.5. The lowest BCUT2D eigenvalue weighted by Crippen LogP contribution is -2.26. The molecule has 2 aromatic rings. The summed E-state index contributed by atoms with van der Waals surface area (Å²) in [6.07, 6.45) is 3.19. The van der Waals surface area contributed by atoms with Crippen LogP contribution >= 0.6 is 0 Å². The highest BCUT2D eigenvalue weighted by molar-refractivity contribution is 6.06. The Hall–Kier alpha value is -2.59. The van der Waals surface area contributed by atoms with Gasteiger partial charge < -0.3 is 15.0 Å². The second kappa shape index (κ2) is 7.79. The lowest BCUT2D eigenvalue weighted by molar-refractivity contribution is 0.0993. The number of hydrogen-bond acceptors (Lipinski definition) is 3. The van der Waals surface area contributed by atoms with Crippen LogP contribution in [0.25, 0.3) is 0 Å². The first-order valence-electron chi connectivity index (χ1n) is 8.17. The minimum absolute atomic E-state index is 0.0231. The maximum Gasteiger partial charge on any atom is 0.258 e. The standard InChI is InChI=1S/C20H22N2O2/c1-22(19-10-3-2-4-11-19)20(23)17-8-5-9-18(13-17)21-14-16-7-6-12-24-15-16/h2-5,7-11,13,21H,6,12,14-15H2,1H3. The fourth-order valence-electron chi connectivity index (χ4n) is 2.67. The van der Waals surface area contributed by atoms with Crippen molar-refractivity contribution in [3.8, 4) is 0 Å². The molecule has 1 amide bonds. The summed E-state index contributed by atoms with van der Waals surface area (Å²) < 4.78 is 5.44. The van der Waals surface area contributed by atoms with Crippen LogP contribution in [0.15, 0.2) is 66.2 Å². The van der Waals surface area contributed by atoms with Crippen LogP contribution in [0.3, 0.4) is 0 Å². The van der Waals surface area contributed by atoms with Crippen molar-refractivity contribution < 1.29 is 9.53 Å². The molecule has 1 aliphatic heterocycles. The Morgan fingerprint density at radius 2 is 2.00 bits per heavy atom. The van der Waals surface area contributed by atoms with Crippen molar-refractivity contribution in [3.05, 3.63) is 71.8 Å². The maximum absolute atomic E-state index is 12.7. The third kappa shape index (κ3) is 4.03. The fourth-order valence-corrected chi connectivity index (χ4v) is 2.67. The van der Waals surface area contributed by atoms with Gasteiger partial charge in [0.2, 0.25) is 0 Å². The van der Waals surface area contributed by atoms with Crippen LogP contribution < -0.4 is 10.2 Å². The molecule has 0 spiro atoms. The zero-order valence-corrected chi connectivity index (χ0v) is 13.9. The summed E-state index contributed by atoms with van der Waals surface area (Å²) in [5.41, 5.74) is 3.73. The molecule has 0 saturated carbocycles. The van der Waals surface area contributed by atoms with Crippen molar-refractivity contribution in [3.63, 3.8) is 0 Å². The first-order chi connectivity index (χ1) is 11.7. The Bertz CT molecular complexity index is 725. The number of nitrogens with zero attached hydrogens (tertiary/aromatic N) is 1. The van der Waals surface area contributed by atoms with Gasteiger partial charge in [-0.3, -0.25) is 4.79 Å². The fraction of sp³-hybridized carbons (Fsp3) is 0.250. The Labute approximate surface area is 142 Å². The predicted octanol–water partition coefficient (Wildman–Crippen LogP) is 3.72. The van der Waals surface area contributed by atoms with Gasteiger partial charge in [0.1, 0.15) is 0 Å². The number of para-hydroxylation sites is 1. The average Bonchev–Trinajstić information content (AvgIpc) is 2.67. The lowest BCUT2D eigenvalue weighted by atomic mass is 10.1. The molecule has 0 atom stereocenters. The zero-order valence-electron chi connectivity index (χ0n) is 13.9. The van der Waals surface area contributed by atoms with Gasteiger partial charge in [-0.15, -0.1) is 0 Å². The van der Waals surface area contributed by atoms with Gasteiger partial charge in [0, 0.05) is 30.5 Å². The van der Waals surface area contributed by atoms with E-state index in [4.69, 9.17) is 4.74 Å². The molecule has 0 unspecified atom stereocenters.